The summed E-state index contributed by atoms with van der Waals surface area (Å²) in [5.41, 5.74) is 0. The van der Waals surface area contributed by atoms with Crippen molar-refractivity contribution in [2.24, 2.45) is 0 Å². The van der Waals surface area contributed by atoms with Crippen LogP contribution in [0.2, 0.25) is 0 Å². The molecule has 3 heteroatoms. The van der Waals surface area contributed by atoms with Gasteiger partial charge in [-0.1, -0.05) is 15.9 Å². The van der Waals surface area contributed by atoms with E-state index in [0.717, 1.165) is 5.33 Å². The Kier molecular flexibility index (Phi) is 9.92. The minimum atomic E-state index is 0.695. The zero-order chi connectivity index (χ0) is 10.1. The van der Waals surface area contributed by atoms with Crippen LogP contribution < -0.4 is 0 Å². The molecule has 0 aliphatic carbocycles. The highest BCUT2D eigenvalue weighted by molar-refractivity contribution is 9.09. The van der Waals surface area contributed by atoms with E-state index >= 15 is 0 Å². The molecule has 0 saturated carbocycles. The van der Waals surface area contributed by atoms with Crippen molar-refractivity contribution >= 4 is 27.7 Å². The molecule has 1 nitrogen and oxygen atoms in total. The molecule has 13 heavy (non-hydrogen) atoms. The van der Waals surface area contributed by atoms with Crippen molar-refractivity contribution in [3.8, 4) is 0 Å². The Bertz CT molecular complexity index is 109. The molecule has 0 unspecified atom stereocenters. The number of rotatable bonds is 8. The van der Waals surface area contributed by atoms with Gasteiger partial charge in [-0.3, -0.25) is 0 Å². The van der Waals surface area contributed by atoms with E-state index < -0.39 is 0 Å². The van der Waals surface area contributed by atoms with Crippen LogP contribution >= 0.6 is 27.7 Å². The standard InChI is InChI=1S/C10H22BrNS/c1-10(2)12(7-4-6-11)8-5-9-13-3/h10H,4-9H2,1-3H3. The predicted octanol–water partition coefficient (Wildman–Crippen LogP) is 3.23. The number of thioether (sulfide) groups is 1. The summed E-state index contributed by atoms with van der Waals surface area (Å²) in [7, 11) is 0. The molecular formula is C10H22BrNS. The fourth-order valence-electron chi connectivity index (χ4n) is 1.30. The number of alkyl halides is 1. The Balaban J connectivity index is 3.54. The fourth-order valence-corrected chi connectivity index (χ4v) is 1.97. The van der Waals surface area contributed by atoms with Crippen LogP contribution in [-0.4, -0.2) is 41.4 Å². The van der Waals surface area contributed by atoms with Gasteiger partial charge in [-0.2, -0.15) is 11.8 Å². The van der Waals surface area contributed by atoms with Gasteiger partial charge in [0.15, 0.2) is 0 Å². The van der Waals surface area contributed by atoms with Crippen LogP contribution in [0.5, 0.6) is 0 Å². The van der Waals surface area contributed by atoms with E-state index in [4.69, 9.17) is 0 Å². The molecular weight excluding hydrogens is 246 g/mol. The summed E-state index contributed by atoms with van der Waals surface area (Å²) in [6.07, 6.45) is 4.76. The predicted molar refractivity (Wildman–Crippen MR) is 68.1 cm³/mol. The third-order valence-corrected chi connectivity index (χ3v) is 3.36. The lowest BCUT2D eigenvalue weighted by Gasteiger charge is -2.25. The quantitative estimate of drug-likeness (QED) is 0.491. The van der Waals surface area contributed by atoms with Crippen molar-refractivity contribution in [2.45, 2.75) is 32.7 Å². The van der Waals surface area contributed by atoms with Crippen LogP contribution in [-0.2, 0) is 0 Å². The zero-order valence-electron chi connectivity index (χ0n) is 9.05. The second kappa shape index (κ2) is 9.35. The molecule has 80 valence electrons. The van der Waals surface area contributed by atoms with Crippen molar-refractivity contribution in [1.82, 2.24) is 4.90 Å². The van der Waals surface area contributed by atoms with Gasteiger partial charge in [0.1, 0.15) is 0 Å². The van der Waals surface area contributed by atoms with E-state index in [1.807, 2.05) is 11.8 Å². The Morgan fingerprint density at radius 1 is 1.23 bits per heavy atom. The molecule has 0 aliphatic heterocycles. The van der Waals surface area contributed by atoms with Crippen molar-refractivity contribution in [3.63, 3.8) is 0 Å². The summed E-state index contributed by atoms with van der Waals surface area (Å²) in [6.45, 7) is 7.06. The van der Waals surface area contributed by atoms with Crippen LogP contribution in [0.4, 0.5) is 0 Å². The molecule has 0 aromatic heterocycles. The van der Waals surface area contributed by atoms with Crippen molar-refractivity contribution in [1.29, 1.82) is 0 Å². The first kappa shape index (κ1) is 13.8. The highest BCUT2D eigenvalue weighted by Crippen LogP contribution is 2.04. The van der Waals surface area contributed by atoms with Gasteiger partial charge in [0.25, 0.3) is 0 Å². The molecule has 0 atom stereocenters. The van der Waals surface area contributed by atoms with Gasteiger partial charge in [0.05, 0.1) is 0 Å². The van der Waals surface area contributed by atoms with E-state index in [0.29, 0.717) is 6.04 Å². The molecule has 0 saturated heterocycles. The largest absolute Gasteiger partial charge is 0.301 e. The average Bonchev–Trinajstić information content (AvgIpc) is 2.10. The molecule has 0 bridgehead atoms. The lowest BCUT2D eigenvalue weighted by atomic mass is 10.2. The van der Waals surface area contributed by atoms with Crippen LogP contribution in [0.25, 0.3) is 0 Å². The van der Waals surface area contributed by atoms with E-state index in [9.17, 15) is 0 Å². The summed E-state index contributed by atoms with van der Waals surface area (Å²) in [5.74, 6) is 1.29. The SMILES string of the molecule is CSCCCN(CCCBr)C(C)C. The zero-order valence-corrected chi connectivity index (χ0v) is 11.5. The maximum absolute atomic E-state index is 3.48. The maximum Gasteiger partial charge on any atom is 0.00434 e. The molecule has 0 fully saturated rings. The van der Waals surface area contributed by atoms with Gasteiger partial charge in [-0.05, 0) is 51.8 Å². The Morgan fingerprint density at radius 3 is 2.31 bits per heavy atom. The van der Waals surface area contributed by atoms with Crippen LogP contribution in [0, 0.1) is 0 Å². The molecule has 0 spiro atoms. The lowest BCUT2D eigenvalue weighted by molar-refractivity contribution is 0.224. The van der Waals surface area contributed by atoms with Gasteiger partial charge < -0.3 is 4.90 Å². The molecule has 0 radical (unpaired) electrons. The molecule has 0 aliphatic rings. The Morgan fingerprint density at radius 2 is 1.85 bits per heavy atom. The van der Waals surface area contributed by atoms with Crippen molar-refractivity contribution < 1.29 is 0 Å². The molecule has 0 N–H and O–H groups in total. The highest BCUT2D eigenvalue weighted by atomic mass is 79.9. The number of hydrogen-bond acceptors (Lipinski definition) is 2. The van der Waals surface area contributed by atoms with Crippen molar-refractivity contribution in [2.75, 3.05) is 30.4 Å². The summed E-state index contributed by atoms with van der Waals surface area (Å²) < 4.78 is 0. The molecule has 0 aromatic carbocycles. The van der Waals surface area contributed by atoms with Crippen molar-refractivity contribution in [3.05, 3.63) is 0 Å². The number of nitrogens with zero attached hydrogens (tertiary/aromatic N) is 1. The first-order valence-corrected chi connectivity index (χ1v) is 7.52. The van der Waals surface area contributed by atoms with E-state index in [1.54, 1.807) is 0 Å². The topological polar surface area (TPSA) is 3.24 Å². The minimum Gasteiger partial charge on any atom is -0.301 e. The first-order chi connectivity index (χ1) is 6.22. The van der Waals surface area contributed by atoms with Crippen LogP contribution in [0.1, 0.15) is 26.7 Å². The summed E-state index contributed by atoms with van der Waals surface area (Å²) in [4.78, 5) is 2.57. The maximum atomic E-state index is 3.48. The van der Waals surface area contributed by atoms with Crippen LogP contribution in [0.3, 0.4) is 0 Å². The van der Waals surface area contributed by atoms with Gasteiger partial charge in [-0.25, -0.2) is 0 Å². The van der Waals surface area contributed by atoms with Gasteiger partial charge in [0, 0.05) is 11.4 Å². The first-order valence-electron chi connectivity index (χ1n) is 5.01. The molecule has 0 amide bonds. The third-order valence-electron chi connectivity index (χ3n) is 2.10. The fraction of sp³-hybridized carbons (Fsp3) is 1.00. The van der Waals surface area contributed by atoms with Gasteiger partial charge in [-0.15, -0.1) is 0 Å². The minimum absolute atomic E-state index is 0.695. The molecule has 0 rings (SSSR count). The Labute approximate surface area is 95.8 Å². The van der Waals surface area contributed by atoms with E-state index in [1.165, 1.54) is 31.7 Å². The van der Waals surface area contributed by atoms with Crippen LogP contribution in [0.15, 0.2) is 0 Å². The Hall–Kier alpha value is 0.790. The summed E-state index contributed by atoms with van der Waals surface area (Å²) in [5, 5.41) is 1.12. The van der Waals surface area contributed by atoms with Gasteiger partial charge >= 0.3 is 0 Å². The third kappa shape index (κ3) is 7.83. The summed E-state index contributed by atoms with van der Waals surface area (Å²) in [6, 6.07) is 0.695. The van der Waals surface area contributed by atoms with Gasteiger partial charge in [0.2, 0.25) is 0 Å². The number of hydrogen-bond donors (Lipinski definition) is 0. The highest BCUT2D eigenvalue weighted by Gasteiger charge is 2.07. The lowest BCUT2D eigenvalue weighted by Crippen LogP contribution is -2.33. The number of halogens is 1. The smallest absolute Gasteiger partial charge is 0.00434 e. The molecule has 0 aromatic rings. The van der Waals surface area contributed by atoms with E-state index in [-0.39, 0.29) is 0 Å². The second-order valence-electron chi connectivity index (χ2n) is 3.52. The monoisotopic (exact) mass is 267 g/mol. The normalized spacial score (nSPS) is 11.5. The molecule has 0 heterocycles. The van der Waals surface area contributed by atoms with E-state index in [2.05, 4.69) is 40.9 Å². The average molecular weight is 268 g/mol. The second-order valence-corrected chi connectivity index (χ2v) is 5.30. The summed E-state index contributed by atoms with van der Waals surface area (Å²) >= 11 is 5.42.